The molecule has 5 rings (SSSR count). The zero-order valence-electron chi connectivity index (χ0n) is 19.5. The third kappa shape index (κ3) is 4.80. The number of nitrogens with one attached hydrogen (secondary N) is 1. The highest BCUT2D eigenvalue weighted by molar-refractivity contribution is 7.11. The van der Waals surface area contributed by atoms with Gasteiger partial charge in [-0.2, -0.15) is 0 Å². The number of hydrogen-bond donors (Lipinski definition) is 3. The van der Waals surface area contributed by atoms with Gasteiger partial charge in [-0.3, -0.25) is 9.59 Å². The molecule has 2 amide bonds. The maximum absolute atomic E-state index is 12.6. The molecule has 2 atom stereocenters. The number of aromatic nitrogens is 2. The Hall–Kier alpha value is -3.27. The van der Waals surface area contributed by atoms with Gasteiger partial charge in [0.15, 0.2) is 12.2 Å². The maximum atomic E-state index is 12.6. The number of carbonyl (C=O) groups excluding carboxylic acids is 2. The summed E-state index contributed by atoms with van der Waals surface area (Å²) < 4.78 is 2.20. The molecule has 0 saturated carbocycles. The van der Waals surface area contributed by atoms with Gasteiger partial charge in [-0.05, 0) is 49.1 Å². The Bertz CT molecular complexity index is 1270. The minimum atomic E-state index is -1.84. The lowest BCUT2D eigenvalue weighted by molar-refractivity contribution is -0.153. The molecule has 1 aliphatic heterocycles. The molecule has 0 radical (unpaired) electrons. The molecular weight excluding hydrogens is 464 g/mol. The van der Waals surface area contributed by atoms with E-state index >= 15 is 0 Å². The Morgan fingerprint density at radius 2 is 1.80 bits per heavy atom. The van der Waals surface area contributed by atoms with E-state index in [0.717, 1.165) is 50.9 Å². The lowest BCUT2D eigenvalue weighted by atomic mass is 10.1. The summed E-state index contributed by atoms with van der Waals surface area (Å²) in [7, 11) is 0. The van der Waals surface area contributed by atoms with E-state index in [9.17, 15) is 19.8 Å². The Kier molecular flexibility index (Phi) is 6.55. The van der Waals surface area contributed by atoms with Gasteiger partial charge in [0.25, 0.3) is 11.8 Å². The zero-order chi connectivity index (χ0) is 24.5. The fourth-order valence-electron chi connectivity index (χ4n) is 4.62. The highest BCUT2D eigenvalue weighted by Gasteiger charge is 2.35. The van der Waals surface area contributed by atoms with Crippen LogP contribution in [-0.4, -0.2) is 48.7 Å². The van der Waals surface area contributed by atoms with Gasteiger partial charge >= 0.3 is 0 Å². The second-order valence-electron chi connectivity index (χ2n) is 8.96. The quantitative estimate of drug-likeness (QED) is 0.469. The molecule has 3 aromatic rings. The number of allylic oxidation sites excluding steroid dienone is 1. The molecule has 9 heteroatoms. The number of aliphatic hydroxyl groups excluding tert-OH is 2. The van der Waals surface area contributed by atoms with Crippen molar-refractivity contribution in [3.05, 3.63) is 80.6 Å². The molecule has 2 aromatic heterocycles. The molecule has 3 N–H and O–H groups in total. The summed E-state index contributed by atoms with van der Waals surface area (Å²) in [5, 5.41) is 23.3. The molecule has 1 aliphatic carbocycles. The molecular formula is C26H28N4O4S. The Morgan fingerprint density at radius 1 is 1.09 bits per heavy atom. The molecule has 0 spiro atoms. The molecule has 2 aliphatic rings. The summed E-state index contributed by atoms with van der Waals surface area (Å²) in [5.41, 5.74) is 4.29. The number of benzene rings is 1. The Balaban J connectivity index is 1.15. The van der Waals surface area contributed by atoms with Crippen molar-refractivity contribution in [3.63, 3.8) is 0 Å². The average molecular weight is 493 g/mol. The molecule has 0 bridgehead atoms. The minimum absolute atomic E-state index is 0.206. The first-order chi connectivity index (χ1) is 16.9. The predicted molar refractivity (Wildman–Crippen MR) is 132 cm³/mol. The van der Waals surface area contributed by atoms with Crippen molar-refractivity contribution in [2.24, 2.45) is 0 Å². The van der Waals surface area contributed by atoms with E-state index in [1.54, 1.807) is 11.3 Å². The van der Waals surface area contributed by atoms with Gasteiger partial charge in [-0.15, -0.1) is 11.3 Å². The largest absolute Gasteiger partial charge is 0.380 e. The fraction of sp³-hybridized carbons (Fsp3) is 0.346. The van der Waals surface area contributed by atoms with Gasteiger partial charge in [0.1, 0.15) is 5.82 Å². The van der Waals surface area contributed by atoms with Gasteiger partial charge in [-0.1, -0.05) is 30.3 Å². The number of hydrogen-bond acceptors (Lipinski definition) is 6. The summed E-state index contributed by atoms with van der Waals surface area (Å²) in [6.07, 6.45) is 2.63. The van der Waals surface area contributed by atoms with Crippen LogP contribution in [0.4, 0.5) is 0 Å². The highest BCUT2D eigenvalue weighted by Crippen LogP contribution is 2.25. The molecule has 35 heavy (non-hydrogen) atoms. The van der Waals surface area contributed by atoms with E-state index in [2.05, 4.69) is 27.0 Å². The SMILES string of the molecule is Cc1nc2c(n1Cc1ccc(CNC(=O)[C@H](O)[C@@H](O)C(=O)N3Cc4ccccc4C3)s1)C=CCC2. The third-order valence-corrected chi connectivity index (χ3v) is 7.61. The van der Waals surface area contributed by atoms with E-state index < -0.39 is 24.0 Å². The van der Waals surface area contributed by atoms with E-state index in [1.807, 2.05) is 43.3 Å². The third-order valence-electron chi connectivity index (χ3n) is 6.54. The summed E-state index contributed by atoms with van der Waals surface area (Å²) in [4.78, 5) is 33.3. The van der Waals surface area contributed by atoms with Crippen molar-refractivity contribution in [2.45, 2.75) is 58.2 Å². The van der Waals surface area contributed by atoms with Gasteiger partial charge < -0.3 is 25.0 Å². The molecule has 0 saturated heterocycles. The maximum Gasteiger partial charge on any atom is 0.255 e. The number of rotatable bonds is 7. The summed E-state index contributed by atoms with van der Waals surface area (Å²) in [5.74, 6) is -0.454. The van der Waals surface area contributed by atoms with Crippen LogP contribution in [0.3, 0.4) is 0 Å². The normalized spacial score (nSPS) is 16.0. The number of fused-ring (bicyclic) bond motifs is 2. The smallest absolute Gasteiger partial charge is 0.255 e. The summed E-state index contributed by atoms with van der Waals surface area (Å²) >= 11 is 1.57. The van der Waals surface area contributed by atoms with Crippen LogP contribution in [0.5, 0.6) is 0 Å². The number of thiophene rings is 1. The van der Waals surface area contributed by atoms with Crippen molar-refractivity contribution in [1.29, 1.82) is 0 Å². The van der Waals surface area contributed by atoms with Crippen LogP contribution >= 0.6 is 11.3 Å². The van der Waals surface area contributed by atoms with Gasteiger partial charge in [0.2, 0.25) is 0 Å². The van der Waals surface area contributed by atoms with Crippen LogP contribution in [-0.2, 0) is 42.2 Å². The zero-order valence-corrected chi connectivity index (χ0v) is 20.3. The number of amides is 2. The van der Waals surface area contributed by atoms with Gasteiger partial charge in [0.05, 0.1) is 24.5 Å². The summed E-state index contributed by atoms with van der Waals surface area (Å²) in [6, 6.07) is 11.6. The standard InChI is InChI=1S/C26H28N4O4S/c1-16-28-21-8-4-5-9-22(21)30(16)15-20-11-10-19(35-20)12-27-25(33)23(31)24(32)26(34)29-13-17-6-2-3-7-18(17)14-29/h2-3,5-7,9-11,23-24,31-32H,4,8,12-15H2,1H3,(H,27,33)/t23-,24-/m1/s1. The number of carbonyl (C=O) groups is 2. The van der Waals surface area contributed by atoms with Gasteiger partial charge in [-0.25, -0.2) is 4.98 Å². The summed E-state index contributed by atoms with van der Waals surface area (Å²) in [6.45, 7) is 3.62. The van der Waals surface area contributed by atoms with Crippen LogP contribution in [0.25, 0.3) is 6.08 Å². The number of aryl methyl sites for hydroxylation is 2. The molecule has 0 unspecified atom stereocenters. The van der Waals surface area contributed by atoms with E-state index in [0.29, 0.717) is 19.6 Å². The first-order valence-corrected chi connectivity index (χ1v) is 12.5. The monoisotopic (exact) mass is 492 g/mol. The van der Waals surface area contributed by atoms with E-state index in [1.165, 1.54) is 4.90 Å². The Labute approximate surface area is 207 Å². The van der Waals surface area contributed by atoms with Crippen LogP contribution in [0.2, 0.25) is 0 Å². The van der Waals surface area contributed by atoms with Crippen LogP contribution in [0.15, 0.2) is 42.5 Å². The van der Waals surface area contributed by atoms with Crippen LogP contribution < -0.4 is 5.32 Å². The first-order valence-electron chi connectivity index (χ1n) is 11.7. The molecule has 8 nitrogen and oxygen atoms in total. The van der Waals surface area contributed by atoms with Crippen molar-refractivity contribution in [3.8, 4) is 0 Å². The first kappa shape index (κ1) is 23.5. The Morgan fingerprint density at radius 3 is 2.54 bits per heavy atom. The second-order valence-corrected chi connectivity index (χ2v) is 10.2. The van der Waals surface area contributed by atoms with Crippen molar-refractivity contribution in [1.82, 2.24) is 19.8 Å². The van der Waals surface area contributed by atoms with Gasteiger partial charge in [0, 0.05) is 22.8 Å². The second kappa shape index (κ2) is 9.77. The van der Waals surface area contributed by atoms with Crippen molar-refractivity contribution < 1.29 is 19.8 Å². The topological polar surface area (TPSA) is 108 Å². The fourth-order valence-corrected chi connectivity index (χ4v) is 5.57. The predicted octanol–water partition coefficient (Wildman–Crippen LogP) is 2.14. The molecule has 1 aromatic carbocycles. The van der Waals surface area contributed by atoms with Crippen LogP contribution in [0.1, 0.15) is 44.5 Å². The number of imidazole rings is 1. The van der Waals surface area contributed by atoms with E-state index in [4.69, 9.17) is 0 Å². The van der Waals surface area contributed by atoms with Crippen molar-refractivity contribution in [2.75, 3.05) is 0 Å². The van der Waals surface area contributed by atoms with E-state index in [-0.39, 0.29) is 6.54 Å². The molecule has 182 valence electrons. The van der Waals surface area contributed by atoms with Crippen LogP contribution in [0, 0.1) is 6.92 Å². The lowest BCUT2D eigenvalue weighted by Crippen LogP contribution is -2.49. The van der Waals surface area contributed by atoms with Crippen molar-refractivity contribution >= 4 is 29.2 Å². The molecule has 3 heterocycles. The average Bonchev–Trinajstić information content (AvgIpc) is 3.58. The number of nitrogens with zero attached hydrogens (tertiary/aromatic N) is 3. The molecule has 0 fully saturated rings. The number of aliphatic hydroxyl groups is 2. The highest BCUT2D eigenvalue weighted by atomic mass is 32.1. The minimum Gasteiger partial charge on any atom is -0.380 e. The lowest BCUT2D eigenvalue weighted by Gasteiger charge is -2.22.